The van der Waals surface area contributed by atoms with Gasteiger partial charge in [0.05, 0.1) is 0 Å². The Morgan fingerprint density at radius 3 is 2.43 bits per heavy atom. The molecule has 23 heavy (non-hydrogen) atoms. The van der Waals surface area contributed by atoms with Gasteiger partial charge in [0.2, 0.25) is 0 Å². The second kappa shape index (κ2) is 11.9. The first-order valence-electron chi connectivity index (χ1n) is 9.12. The number of hydrogen-bond donors (Lipinski definition) is 0. The maximum absolute atomic E-state index is 4.27. The summed E-state index contributed by atoms with van der Waals surface area (Å²) in [7, 11) is 0. The molecule has 0 amide bonds. The van der Waals surface area contributed by atoms with E-state index in [1.165, 1.54) is 63.4 Å². The van der Waals surface area contributed by atoms with Crippen molar-refractivity contribution in [3.05, 3.63) is 37.0 Å². The molecule has 128 valence electrons. The molecule has 0 aromatic carbocycles. The van der Waals surface area contributed by atoms with E-state index >= 15 is 0 Å². The third-order valence-corrected chi connectivity index (χ3v) is 4.32. The van der Waals surface area contributed by atoms with Crippen molar-refractivity contribution in [3.63, 3.8) is 0 Å². The summed E-state index contributed by atoms with van der Waals surface area (Å²) in [5.41, 5.74) is 1.27. The molecule has 1 aromatic rings. The zero-order chi connectivity index (χ0) is 16.9. The van der Waals surface area contributed by atoms with E-state index in [0.29, 0.717) is 5.92 Å². The fraction of sp³-hybridized carbons (Fsp3) is 0.600. The van der Waals surface area contributed by atoms with Crippen LogP contribution in [0.3, 0.4) is 0 Å². The van der Waals surface area contributed by atoms with Gasteiger partial charge in [0.1, 0.15) is 6.33 Å². The van der Waals surface area contributed by atoms with Crippen LogP contribution in [-0.2, 0) is 0 Å². The van der Waals surface area contributed by atoms with E-state index in [2.05, 4.69) is 43.3 Å². The van der Waals surface area contributed by atoms with Crippen LogP contribution in [0.2, 0.25) is 0 Å². The lowest BCUT2D eigenvalue weighted by Gasteiger charge is -2.18. The van der Waals surface area contributed by atoms with Crippen molar-refractivity contribution in [2.24, 2.45) is 5.92 Å². The van der Waals surface area contributed by atoms with Crippen molar-refractivity contribution in [2.45, 2.75) is 71.6 Å². The zero-order valence-corrected chi connectivity index (χ0v) is 15.0. The van der Waals surface area contributed by atoms with Crippen LogP contribution >= 0.6 is 0 Å². The van der Waals surface area contributed by atoms with Gasteiger partial charge in [-0.2, -0.15) is 5.10 Å². The molecule has 0 N–H and O–H groups in total. The quantitative estimate of drug-likeness (QED) is 0.324. The summed E-state index contributed by atoms with van der Waals surface area (Å²) in [6.07, 6.45) is 19.0. The molecule has 0 saturated heterocycles. The topological polar surface area (TPSA) is 30.7 Å². The van der Waals surface area contributed by atoms with Crippen molar-refractivity contribution in [2.75, 3.05) is 0 Å². The first-order chi connectivity index (χ1) is 11.3. The summed E-state index contributed by atoms with van der Waals surface area (Å²) in [5, 5.41) is 4.27. The number of rotatable bonds is 13. The van der Waals surface area contributed by atoms with Crippen molar-refractivity contribution in [1.29, 1.82) is 0 Å². The summed E-state index contributed by atoms with van der Waals surface area (Å²) >= 11 is 0. The molecule has 0 fully saturated rings. The highest BCUT2D eigenvalue weighted by atomic mass is 15.3. The Morgan fingerprint density at radius 1 is 1.09 bits per heavy atom. The first kappa shape index (κ1) is 19.4. The summed E-state index contributed by atoms with van der Waals surface area (Å²) in [6, 6.07) is 0. The minimum Gasteiger partial charge on any atom is -0.221 e. The lowest BCUT2D eigenvalue weighted by atomic mass is 9.88. The predicted octanol–water partition coefficient (Wildman–Crippen LogP) is 6.11. The molecule has 1 aromatic heterocycles. The van der Waals surface area contributed by atoms with Crippen LogP contribution in [0.5, 0.6) is 0 Å². The molecule has 1 atom stereocenters. The van der Waals surface area contributed by atoms with E-state index in [0.717, 1.165) is 5.82 Å². The maximum Gasteiger partial charge on any atom is 0.154 e. The Bertz CT molecular complexity index is 485. The van der Waals surface area contributed by atoms with Gasteiger partial charge in [0.15, 0.2) is 5.82 Å². The molecule has 0 aliphatic heterocycles. The smallest absolute Gasteiger partial charge is 0.154 e. The van der Waals surface area contributed by atoms with Crippen LogP contribution in [0.15, 0.2) is 31.1 Å². The minimum absolute atomic E-state index is 0.566. The van der Waals surface area contributed by atoms with Gasteiger partial charge >= 0.3 is 0 Å². The molecule has 0 saturated carbocycles. The van der Waals surface area contributed by atoms with Crippen molar-refractivity contribution >= 4 is 12.3 Å². The molecule has 1 heterocycles. The van der Waals surface area contributed by atoms with Gasteiger partial charge in [-0.1, -0.05) is 78.0 Å². The van der Waals surface area contributed by atoms with E-state index < -0.39 is 0 Å². The SMILES string of the molecule is C=C/C(=C\n1ncnc1C=C)C(CCCC)CCCCCCC. The maximum atomic E-state index is 4.27. The first-order valence-corrected chi connectivity index (χ1v) is 9.12. The Balaban J connectivity index is 2.75. The highest BCUT2D eigenvalue weighted by Gasteiger charge is 2.12. The van der Waals surface area contributed by atoms with Gasteiger partial charge in [0.25, 0.3) is 0 Å². The highest BCUT2D eigenvalue weighted by molar-refractivity contribution is 5.45. The normalized spacial score (nSPS) is 13.0. The van der Waals surface area contributed by atoms with E-state index in [-0.39, 0.29) is 0 Å². The fourth-order valence-corrected chi connectivity index (χ4v) is 2.89. The van der Waals surface area contributed by atoms with Gasteiger partial charge < -0.3 is 0 Å². The Hall–Kier alpha value is -1.64. The summed E-state index contributed by atoms with van der Waals surface area (Å²) < 4.78 is 1.81. The van der Waals surface area contributed by atoms with E-state index in [1.807, 2.05) is 6.08 Å². The predicted molar refractivity (Wildman–Crippen MR) is 101 cm³/mol. The fourth-order valence-electron chi connectivity index (χ4n) is 2.89. The third kappa shape index (κ3) is 6.98. The minimum atomic E-state index is 0.566. The van der Waals surface area contributed by atoms with Crippen LogP contribution in [0, 0.1) is 5.92 Å². The molecule has 3 nitrogen and oxygen atoms in total. The molecule has 3 heteroatoms. The van der Waals surface area contributed by atoms with Gasteiger partial charge in [0, 0.05) is 6.20 Å². The average Bonchev–Trinajstić information content (AvgIpc) is 3.02. The summed E-state index contributed by atoms with van der Waals surface area (Å²) in [4.78, 5) is 4.19. The van der Waals surface area contributed by atoms with Gasteiger partial charge in [-0.25, -0.2) is 9.67 Å². The van der Waals surface area contributed by atoms with Gasteiger partial charge in [-0.15, -0.1) is 0 Å². The molecule has 1 rings (SSSR count). The molecular formula is C20H33N3. The number of allylic oxidation sites excluding steroid dienone is 2. The lowest BCUT2D eigenvalue weighted by molar-refractivity contribution is 0.469. The highest BCUT2D eigenvalue weighted by Crippen LogP contribution is 2.26. The number of hydrogen-bond acceptors (Lipinski definition) is 2. The number of aromatic nitrogens is 3. The van der Waals surface area contributed by atoms with Crippen LogP contribution < -0.4 is 0 Å². The monoisotopic (exact) mass is 315 g/mol. The molecule has 0 radical (unpaired) electrons. The van der Waals surface area contributed by atoms with Crippen LogP contribution in [-0.4, -0.2) is 14.8 Å². The number of unbranched alkanes of at least 4 members (excludes halogenated alkanes) is 5. The van der Waals surface area contributed by atoms with Crippen LogP contribution in [0.4, 0.5) is 0 Å². The second-order valence-electron chi connectivity index (χ2n) is 6.14. The standard InChI is InChI=1S/C20H33N3/c1-5-9-11-12-13-15-19(14-10-6-2)18(7-3)16-23-20(8-4)21-17-22-23/h7-8,16-17,19H,3-6,9-15H2,1-2H3/b18-16+. The second-order valence-corrected chi connectivity index (χ2v) is 6.14. The molecule has 0 aliphatic rings. The average molecular weight is 316 g/mol. The molecular weight excluding hydrogens is 282 g/mol. The Kier molecular flexibility index (Phi) is 10.0. The van der Waals surface area contributed by atoms with Crippen molar-refractivity contribution in [3.8, 4) is 0 Å². The van der Waals surface area contributed by atoms with Crippen molar-refractivity contribution in [1.82, 2.24) is 14.8 Å². The van der Waals surface area contributed by atoms with Gasteiger partial charge in [-0.3, -0.25) is 0 Å². The Labute approximate surface area is 142 Å². The molecule has 0 spiro atoms. The molecule has 1 unspecified atom stereocenters. The van der Waals surface area contributed by atoms with E-state index in [1.54, 1.807) is 17.1 Å². The Morgan fingerprint density at radius 2 is 1.78 bits per heavy atom. The summed E-state index contributed by atoms with van der Waals surface area (Å²) in [6.45, 7) is 12.3. The van der Waals surface area contributed by atoms with E-state index in [9.17, 15) is 0 Å². The van der Waals surface area contributed by atoms with Crippen LogP contribution in [0.25, 0.3) is 12.3 Å². The van der Waals surface area contributed by atoms with E-state index in [4.69, 9.17) is 0 Å². The lowest BCUT2D eigenvalue weighted by Crippen LogP contribution is -2.06. The summed E-state index contributed by atoms with van der Waals surface area (Å²) in [5.74, 6) is 1.34. The van der Waals surface area contributed by atoms with Crippen molar-refractivity contribution < 1.29 is 0 Å². The third-order valence-electron chi connectivity index (χ3n) is 4.32. The number of nitrogens with zero attached hydrogens (tertiary/aromatic N) is 3. The molecule has 0 bridgehead atoms. The van der Waals surface area contributed by atoms with Gasteiger partial charge in [-0.05, 0) is 30.4 Å². The zero-order valence-electron chi connectivity index (χ0n) is 15.0. The molecule has 0 aliphatic carbocycles. The largest absolute Gasteiger partial charge is 0.221 e. The van der Waals surface area contributed by atoms with Crippen LogP contribution in [0.1, 0.15) is 77.5 Å².